The van der Waals surface area contributed by atoms with Crippen molar-refractivity contribution in [2.45, 2.75) is 25.9 Å². The molecule has 1 atom stereocenters. The smallest absolute Gasteiger partial charge is 0.160 e. The fourth-order valence-corrected chi connectivity index (χ4v) is 1.41. The molecule has 0 saturated heterocycles. The van der Waals surface area contributed by atoms with E-state index in [9.17, 15) is 0 Å². The van der Waals surface area contributed by atoms with E-state index in [-0.39, 0.29) is 6.17 Å². The highest BCUT2D eigenvalue weighted by Crippen LogP contribution is 2.09. The molecular weight excluding hydrogens is 212 g/mol. The number of hydrogen-bond acceptors (Lipinski definition) is 4. The summed E-state index contributed by atoms with van der Waals surface area (Å²) < 4.78 is 0. The summed E-state index contributed by atoms with van der Waals surface area (Å²) in [6.07, 6.45) is 7.25. The van der Waals surface area contributed by atoms with E-state index in [1.54, 1.807) is 0 Å². The van der Waals surface area contributed by atoms with Gasteiger partial charge in [-0.15, -0.1) is 0 Å². The summed E-state index contributed by atoms with van der Waals surface area (Å²) in [5.41, 5.74) is 2.38. The Morgan fingerprint density at radius 1 is 1.59 bits per heavy atom. The SMILES string of the molecule is C=NC(/C=C(\C)N(C)C)N=C1C=CCCC1=N. The van der Waals surface area contributed by atoms with Crippen LogP contribution in [-0.2, 0) is 0 Å². The van der Waals surface area contributed by atoms with Crippen LogP contribution in [0.5, 0.6) is 0 Å². The molecule has 0 aliphatic heterocycles. The predicted molar refractivity (Wildman–Crippen MR) is 74.3 cm³/mol. The summed E-state index contributed by atoms with van der Waals surface area (Å²) in [5, 5.41) is 7.81. The quantitative estimate of drug-likeness (QED) is 0.743. The summed E-state index contributed by atoms with van der Waals surface area (Å²) in [7, 11) is 3.95. The second-order valence-electron chi connectivity index (χ2n) is 4.23. The molecule has 0 bridgehead atoms. The average molecular weight is 232 g/mol. The molecule has 0 radical (unpaired) electrons. The van der Waals surface area contributed by atoms with Gasteiger partial charge in [0.05, 0.1) is 11.4 Å². The van der Waals surface area contributed by atoms with Crippen LogP contribution in [0.3, 0.4) is 0 Å². The van der Waals surface area contributed by atoms with Gasteiger partial charge >= 0.3 is 0 Å². The van der Waals surface area contributed by atoms with Gasteiger partial charge in [0, 0.05) is 19.8 Å². The van der Waals surface area contributed by atoms with Gasteiger partial charge in [0.15, 0.2) is 6.17 Å². The zero-order chi connectivity index (χ0) is 12.8. The van der Waals surface area contributed by atoms with Gasteiger partial charge < -0.3 is 10.3 Å². The van der Waals surface area contributed by atoms with Gasteiger partial charge in [-0.25, -0.2) is 0 Å². The molecule has 1 aliphatic rings. The van der Waals surface area contributed by atoms with Crippen molar-refractivity contribution in [2.24, 2.45) is 9.98 Å². The lowest BCUT2D eigenvalue weighted by atomic mass is 10.0. The van der Waals surface area contributed by atoms with Crippen molar-refractivity contribution in [1.29, 1.82) is 5.41 Å². The molecule has 0 heterocycles. The molecule has 0 amide bonds. The molecule has 0 aromatic rings. The van der Waals surface area contributed by atoms with Gasteiger partial charge in [-0.2, -0.15) is 0 Å². The first kappa shape index (κ1) is 13.4. The summed E-state index contributed by atoms with van der Waals surface area (Å²) >= 11 is 0. The molecular formula is C13H20N4. The van der Waals surface area contributed by atoms with Gasteiger partial charge in [0.2, 0.25) is 0 Å². The molecule has 0 fully saturated rings. The van der Waals surface area contributed by atoms with E-state index in [0.717, 1.165) is 24.3 Å². The fraction of sp³-hybridized carbons (Fsp3) is 0.462. The third kappa shape index (κ3) is 3.98. The van der Waals surface area contributed by atoms with E-state index in [4.69, 9.17) is 5.41 Å². The maximum atomic E-state index is 7.81. The molecule has 92 valence electrons. The maximum Gasteiger partial charge on any atom is 0.160 e. The van der Waals surface area contributed by atoms with Crippen LogP contribution in [0.25, 0.3) is 0 Å². The van der Waals surface area contributed by atoms with Gasteiger partial charge in [-0.05, 0) is 38.6 Å². The average Bonchev–Trinajstić information content (AvgIpc) is 2.30. The van der Waals surface area contributed by atoms with Gasteiger partial charge in [-0.3, -0.25) is 9.98 Å². The maximum absolute atomic E-state index is 7.81. The molecule has 0 saturated carbocycles. The Labute approximate surface area is 103 Å². The first-order valence-electron chi connectivity index (χ1n) is 5.68. The highest BCUT2D eigenvalue weighted by atomic mass is 15.1. The Morgan fingerprint density at radius 3 is 2.82 bits per heavy atom. The molecule has 0 spiro atoms. The Morgan fingerprint density at radius 2 is 2.29 bits per heavy atom. The van der Waals surface area contributed by atoms with Crippen molar-refractivity contribution in [3.63, 3.8) is 0 Å². The topological polar surface area (TPSA) is 51.8 Å². The number of nitrogens with zero attached hydrogens (tertiary/aromatic N) is 3. The molecule has 0 aromatic carbocycles. The second-order valence-corrected chi connectivity index (χ2v) is 4.23. The van der Waals surface area contributed by atoms with Crippen LogP contribution in [0.15, 0.2) is 33.9 Å². The minimum atomic E-state index is -0.310. The van der Waals surface area contributed by atoms with E-state index in [1.807, 2.05) is 44.1 Å². The Balaban J connectivity index is 2.89. The Hall–Kier alpha value is -1.71. The summed E-state index contributed by atoms with van der Waals surface area (Å²) in [6.45, 7) is 5.55. The van der Waals surface area contributed by atoms with E-state index < -0.39 is 0 Å². The van der Waals surface area contributed by atoms with Gasteiger partial charge in [-0.1, -0.05) is 6.08 Å². The van der Waals surface area contributed by atoms with Crippen molar-refractivity contribution in [3.05, 3.63) is 23.9 Å². The first-order valence-corrected chi connectivity index (χ1v) is 5.68. The van der Waals surface area contributed by atoms with Crippen LogP contribution < -0.4 is 0 Å². The van der Waals surface area contributed by atoms with Crippen molar-refractivity contribution in [2.75, 3.05) is 14.1 Å². The summed E-state index contributed by atoms with van der Waals surface area (Å²) in [4.78, 5) is 10.4. The Kier molecular flexibility index (Phi) is 4.82. The number of aliphatic imine (C=N–C) groups is 2. The minimum Gasteiger partial charge on any atom is -0.381 e. The van der Waals surface area contributed by atoms with Crippen molar-refractivity contribution in [1.82, 2.24) is 4.90 Å². The normalized spacial score (nSPS) is 20.5. The molecule has 1 aliphatic carbocycles. The fourth-order valence-electron chi connectivity index (χ4n) is 1.41. The van der Waals surface area contributed by atoms with Crippen LogP contribution in [0.1, 0.15) is 19.8 Å². The minimum absolute atomic E-state index is 0.310. The van der Waals surface area contributed by atoms with E-state index >= 15 is 0 Å². The lowest BCUT2D eigenvalue weighted by Crippen LogP contribution is -2.17. The summed E-state index contributed by atoms with van der Waals surface area (Å²) in [6, 6.07) is 0. The zero-order valence-corrected chi connectivity index (χ0v) is 10.8. The number of nitrogens with one attached hydrogen (secondary N) is 1. The van der Waals surface area contributed by atoms with Crippen LogP contribution in [-0.4, -0.2) is 43.3 Å². The van der Waals surface area contributed by atoms with E-state index in [2.05, 4.69) is 16.7 Å². The van der Waals surface area contributed by atoms with Crippen molar-refractivity contribution < 1.29 is 0 Å². The number of allylic oxidation sites excluding steroid dienone is 3. The number of hydrogen-bond donors (Lipinski definition) is 1. The molecule has 17 heavy (non-hydrogen) atoms. The van der Waals surface area contributed by atoms with Crippen LogP contribution in [0.4, 0.5) is 0 Å². The highest BCUT2D eigenvalue weighted by Gasteiger charge is 2.10. The molecule has 1 N–H and O–H groups in total. The van der Waals surface area contributed by atoms with Crippen molar-refractivity contribution in [3.8, 4) is 0 Å². The van der Waals surface area contributed by atoms with Crippen molar-refractivity contribution >= 4 is 18.1 Å². The van der Waals surface area contributed by atoms with Gasteiger partial charge in [0.25, 0.3) is 0 Å². The Bertz CT molecular complexity index is 388. The van der Waals surface area contributed by atoms with Crippen LogP contribution in [0.2, 0.25) is 0 Å². The first-order chi connectivity index (χ1) is 8.04. The predicted octanol–water partition coefficient (Wildman–Crippen LogP) is 2.29. The number of rotatable bonds is 4. The van der Waals surface area contributed by atoms with E-state index in [1.165, 1.54) is 0 Å². The van der Waals surface area contributed by atoms with Gasteiger partial charge in [0.1, 0.15) is 0 Å². The largest absolute Gasteiger partial charge is 0.381 e. The van der Waals surface area contributed by atoms with Crippen LogP contribution >= 0.6 is 0 Å². The molecule has 1 rings (SSSR count). The van der Waals surface area contributed by atoms with Crippen LogP contribution in [0, 0.1) is 5.41 Å². The lowest BCUT2D eigenvalue weighted by molar-refractivity contribution is 0.508. The highest BCUT2D eigenvalue weighted by molar-refractivity contribution is 6.46. The lowest BCUT2D eigenvalue weighted by Gasteiger charge is -2.15. The van der Waals surface area contributed by atoms with E-state index in [0.29, 0.717) is 5.71 Å². The summed E-state index contributed by atoms with van der Waals surface area (Å²) in [5.74, 6) is 0. The zero-order valence-electron chi connectivity index (χ0n) is 10.8. The standard InChI is InChI=1S/C13H20N4/c1-10(17(3)4)9-13(15-2)16-12-8-6-5-7-11(12)14/h6,8-9,13-14H,2,5,7H2,1,3-4H3/b10-9+,14-11?,16-12?. The molecule has 1 unspecified atom stereocenters. The second kappa shape index (κ2) is 6.13. The molecule has 4 nitrogen and oxygen atoms in total. The molecule has 4 heteroatoms. The third-order valence-corrected chi connectivity index (χ3v) is 2.70. The molecule has 0 aromatic heterocycles. The monoisotopic (exact) mass is 232 g/mol. The third-order valence-electron chi connectivity index (χ3n) is 2.70.